The van der Waals surface area contributed by atoms with Gasteiger partial charge in [0.25, 0.3) is 0 Å². The molecule has 0 aliphatic heterocycles. The van der Waals surface area contributed by atoms with Crippen molar-refractivity contribution in [1.29, 1.82) is 0 Å². The third-order valence-corrected chi connectivity index (χ3v) is 9.31. The van der Waals surface area contributed by atoms with E-state index in [2.05, 4.69) is 164 Å². The molecule has 6 aromatic carbocycles. The number of nitrogens with zero attached hydrogens (tertiary/aromatic N) is 4. The molecular formula is C41H26N4. The average Bonchev–Trinajstić information content (AvgIpc) is 3.74. The van der Waals surface area contributed by atoms with Crippen LogP contribution in [-0.2, 0) is 0 Å². The maximum Gasteiger partial charge on any atom is 0.0571 e. The van der Waals surface area contributed by atoms with Gasteiger partial charge in [0, 0.05) is 61.8 Å². The van der Waals surface area contributed by atoms with Crippen LogP contribution >= 0.6 is 0 Å². The zero-order valence-corrected chi connectivity index (χ0v) is 24.3. The van der Waals surface area contributed by atoms with E-state index in [1.165, 1.54) is 60.2 Å². The molecule has 0 radical (unpaired) electrons. The fourth-order valence-electron chi connectivity index (χ4n) is 7.50. The minimum Gasteiger partial charge on any atom is -0.309 e. The minimum atomic E-state index is 1.14. The van der Waals surface area contributed by atoms with E-state index in [9.17, 15) is 0 Å². The van der Waals surface area contributed by atoms with Gasteiger partial charge in [-0.05, 0) is 72.8 Å². The first-order valence-corrected chi connectivity index (χ1v) is 15.3. The molecule has 0 aliphatic carbocycles. The summed E-state index contributed by atoms with van der Waals surface area (Å²) in [6.45, 7) is 0. The van der Waals surface area contributed by atoms with Crippen molar-refractivity contribution in [3.8, 4) is 17.1 Å². The van der Waals surface area contributed by atoms with Crippen LogP contribution in [0.25, 0.3) is 82.5 Å². The van der Waals surface area contributed by atoms with E-state index < -0.39 is 0 Å². The second-order valence-corrected chi connectivity index (χ2v) is 11.7. The summed E-state index contributed by atoms with van der Waals surface area (Å²) < 4.78 is 7.16. The van der Waals surface area contributed by atoms with Crippen molar-refractivity contribution < 1.29 is 0 Å². The number of hydrogen-bond donors (Lipinski definition) is 0. The van der Waals surface area contributed by atoms with Crippen LogP contribution in [0.15, 0.2) is 158 Å². The number of aromatic nitrogens is 4. The average molecular weight is 575 g/mol. The number of rotatable bonds is 3. The van der Waals surface area contributed by atoms with Crippen molar-refractivity contribution in [1.82, 2.24) is 18.7 Å². The summed E-state index contributed by atoms with van der Waals surface area (Å²) in [5.41, 5.74) is 10.6. The van der Waals surface area contributed by atoms with Crippen LogP contribution in [-0.4, -0.2) is 18.7 Å². The Hall–Kier alpha value is -6.13. The predicted molar refractivity (Wildman–Crippen MR) is 187 cm³/mol. The van der Waals surface area contributed by atoms with Crippen molar-refractivity contribution in [2.24, 2.45) is 0 Å². The summed E-state index contributed by atoms with van der Waals surface area (Å²) in [6, 6.07) is 52.4. The Morgan fingerprint density at radius 1 is 0.333 bits per heavy atom. The van der Waals surface area contributed by atoms with Crippen molar-refractivity contribution in [2.75, 3.05) is 0 Å². The topological polar surface area (TPSA) is 27.7 Å². The second kappa shape index (κ2) is 9.18. The largest absolute Gasteiger partial charge is 0.309 e. The van der Waals surface area contributed by atoms with E-state index in [1.807, 2.05) is 12.4 Å². The van der Waals surface area contributed by atoms with Crippen LogP contribution in [0, 0.1) is 0 Å². The first-order chi connectivity index (χ1) is 22.4. The van der Waals surface area contributed by atoms with Gasteiger partial charge in [0.15, 0.2) is 0 Å². The molecule has 0 amide bonds. The maximum atomic E-state index is 4.53. The molecule has 0 saturated carbocycles. The number of para-hydroxylation sites is 4. The lowest BCUT2D eigenvalue weighted by molar-refractivity contribution is 1.16. The Bertz CT molecular complexity index is 2750. The maximum absolute atomic E-state index is 4.53. The molecule has 0 saturated heterocycles. The molecule has 0 aliphatic rings. The van der Waals surface area contributed by atoms with Crippen LogP contribution in [0.5, 0.6) is 0 Å². The van der Waals surface area contributed by atoms with Gasteiger partial charge in [0.05, 0.1) is 33.1 Å². The first kappa shape index (κ1) is 24.3. The molecule has 0 N–H and O–H groups in total. The lowest BCUT2D eigenvalue weighted by Gasteiger charge is -2.11. The van der Waals surface area contributed by atoms with Crippen LogP contribution in [0.1, 0.15) is 0 Å². The summed E-state index contributed by atoms with van der Waals surface area (Å²) in [5.74, 6) is 0. The smallest absolute Gasteiger partial charge is 0.0571 e. The molecule has 0 spiro atoms. The molecule has 210 valence electrons. The van der Waals surface area contributed by atoms with Crippen LogP contribution in [0.2, 0.25) is 0 Å². The minimum absolute atomic E-state index is 1.14. The van der Waals surface area contributed by atoms with Crippen molar-refractivity contribution in [3.63, 3.8) is 0 Å². The Morgan fingerprint density at radius 3 is 1.42 bits per heavy atom. The Morgan fingerprint density at radius 2 is 0.800 bits per heavy atom. The van der Waals surface area contributed by atoms with Gasteiger partial charge in [-0.2, -0.15) is 0 Å². The summed E-state index contributed by atoms with van der Waals surface area (Å²) >= 11 is 0. The van der Waals surface area contributed by atoms with Crippen LogP contribution in [0.3, 0.4) is 0 Å². The molecule has 0 bridgehead atoms. The highest BCUT2D eigenvalue weighted by molar-refractivity contribution is 6.29. The number of benzene rings is 6. The van der Waals surface area contributed by atoms with Gasteiger partial charge in [-0.3, -0.25) is 4.98 Å². The standard InChI is InChI=1S/C41H26N4/c1-3-11-27(12-4-1)43-36-20-19-29(25-32(36)33-26-42-24-23-37(33)43)45-35-18-10-8-16-31(35)41-39(45)22-21-38-40(41)30-15-7-9-17-34(30)44(38)28-13-5-2-6-14-28/h1-26H. The van der Waals surface area contributed by atoms with Crippen molar-refractivity contribution >= 4 is 65.4 Å². The molecular weight excluding hydrogens is 548 g/mol. The highest BCUT2D eigenvalue weighted by Gasteiger charge is 2.21. The molecule has 4 heterocycles. The molecule has 0 atom stereocenters. The van der Waals surface area contributed by atoms with Gasteiger partial charge in [-0.1, -0.05) is 72.8 Å². The summed E-state index contributed by atoms with van der Waals surface area (Å²) in [5, 5.41) is 7.41. The summed E-state index contributed by atoms with van der Waals surface area (Å²) in [4.78, 5) is 4.53. The lowest BCUT2D eigenvalue weighted by Crippen LogP contribution is -1.96. The molecule has 10 aromatic rings. The fourth-order valence-corrected chi connectivity index (χ4v) is 7.50. The SMILES string of the molecule is c1ccc(-n2c3ccncc3c3cc(-n4c5ccccc5c5c6c7ccccc7n(-c7ccccc7)c6ccc54)ccc32)cc1. The van der Waals surface area contributed by atoms with Gasteiger partial charge in [0.2, 0.25) is 0 Å². The summed E-state index contributed by atoms with van der Waals surface area (Å²) in [6.07, 6.45) is 3.88. The zero-order valence-electron chi connectivity index (χ0n) is 24.3. The quantitative estimate of drug-likeness (QED) is 0.206. The normalized spacial score (nSPS) is 12.0. The Kier molecular flexibility index (Phi) is 4.96. The van der Waals surface area contributed by atoms with E-state index >= 15 is 0 Å². The van der Waals surface area contributed by atoms with Crippen molar-refractivity contribution in [3.05, 3.63) is 158 Å². The van der Waals surface area contributed by atoms with Crippen LogP contribution in [0.4, 0.5) is 0 Å². The van der Waals surface area contributed by atoms with Gasteiger partial charge in [-0.25, -0.2) is 0 Å². The van der Waals surface area contributed by atoms with Gasteiger partial charge < -0.3 is 13.7 Å². The molecule has 10 rings (SSSR count). The van der Waals surface area contributed by atoms with Gasteiger partial charge >= 0.3 is 0 Å². The van der Waals surface area contributed by atoms with E-state index in [4.69, 9.17) is 0 Å². The third-order valence-electron chi connectivity index (χ3n) is 9.31. The number of hydrogen-bond acceptors (Lipinski definition) is 1. The monoisotopic (exact) mass is 574 g/mol. The van der Waals surface area contributed by atoms with Gasteiger partial charge in [-0.15, -0.1) is 0 Å². The molecule has 4 aromatic heterocycles. The second-order valence-electron chi connectivity index (χ2n) is 11.7. The van der Waals surface area contributed by atoms with E-state index in [0.717, 1.165) is 22.3 Å². The van der Waals surface area contributed by atoms with Gasteiger partial charge in [0.1, 0.15) is 0 Å². The van der Waals surface area contributed by atoms with Crippen molar-refractivity contribution in [2.45, 2.75) is 0 Å². The first-order valence-electron chi connectivity index (χ1n) is 15.3. The van der Waals surface area contributed by atoms with E-state index in [-0.39, 0.29) is 0 Å². The molecule has 0 fully saturated rings. The Balaban J connectivity index is 1.32. The molecule has 4 heteroatoms. The number of pyridine rings is 1. The summed E-state index contributed by atoms with van der Waals surface area (Å²) in [7, 11) is 0. The van der Waals surface area contributed by atoms with E-state index in [0.29, 0.717) is 0 Å². The van der Waals surface area contributed by atoms with E-state index in [1.54, 1.807) is 0 Å². The van der Waals surface area contributed by atoms with Crippen LogP contribution < -0.4 is 0 Å². The third kappa shape index (κ3) is 3.34. The Labute approximate surface area is 258 Å². The highest BCUT2D eigenvalue weighted by atomic mass is 15.0. The lowest BCUT2D eigenvalue weighted by atomic mass is 10.1. The number of fused-ring (bicyclic) bond motifs is 10. The molecule has 4 nitrogen and oxygen atoms in total. The zero-order chi connectivity index (χ0) is 29.5. The predicted octanol–water partition coefficient (Wildman–Crippen LogP) is 10.4. The molecule has 0 unspecified atom stereocenters. The molecule has 45 heavy (non-hydrogen) atoms. The highest BCUT2D eigenvalue weighted by Crippen LogP contribution is 2.43. The fraction of sp³-hybridized carbons (Fsp3) is 0.